The Balaban J connectivity index is 1.38. The number of nitrogens with zero attached hydrogens (tertiary/aromatic N) is 3. The van der Waals surface area contributed by atoms with Crippen LogP contribution in [0.1, 0.15) is 32.3 Å². The Morgan fingerprint density at radius 3 is 2.16 bits per heavy atom. The van der Waals surface area contributed by atoms with E-state index in [9.17, 15) is 5.26 Å². The average Bonchev–Trinajstić information content (AvgIpc) is 2.84. The van der Waals surface area contributed by atoms with Crippen molar-refractivity contribution < 1.29 is 4.74 Å². The van der Waals surface area contributed by atoms with Gasteiger partial charge in [-0.05, 0) is 61.4 Å². The van der Waals surface area contributed by atoms with Crippen LogP contribution in [0.5, 0.6) is 5.75 Å². The first-order valence-corrected chi connectivity index (χ1v) is 13.0. The molecular formula is C27H37N3OS. The molecule has 0 spiro atoms. The van der Waals surface area contributed by atoms with E-state index in [2.05, 4.69) is 72.4 Å². The standard InChI is InChI=1S/C27H37N3OS/c1-23(2)27(22-28,24-8-5-4-6-9-24)14-7-15-29-16-18-30(19-17-29)20-21-31-25-10-12-26(32-3)13-11-25/h4-6,8-13,23H,7,14-21H2,1-3H3. The fourth-order valence-corrected chi connectivity index (χ4v) is 4.94. The Morgan fingerprint density at radius 2 is 1.59 bits per heavy atom. The zero-order chi connectivity index (χ0) is 22.8. The fraction of sp³-hybridized carbons (Fsp3) is 0.519. The van der Waals surface area contributed by atoms with Crippen LogP contribution in [-0.2, 0) is 5.41 Å². The van der Waals surface area contributed by atoms with Gasteiger partial charge in [-0.3, -0.25) is 4.90 Å². The summed E-state index contributed by atoms with van der Waals surface area (Å²) in [7, 11) is 0. The minimum Gasteiger partial charge on any atom is -0.492 e. The van der Waals surface area contributed by atoms with Gasteiger partial charge in [-0.2, -0.15) is 5.26 Å². The van der Waals surface area contributed by atoms with Gasteiger partial charge in [-0.15, -0.1) is 11.8 Å². The molecule has 1 atom stereocenters. The number of rotatable bonds is 11. The fourth-order valence-electron chi connectivity index (χ4n) is 4.53. The van der Waals surface area contributed by atoms with E-state index in [0.29, 0.717) is 5.92 Å². The van der Waals surface area contributed by atoms with Gasteiger partial charge in [0.1, 0.15) is 12.4 Å². The van der Waals surface area contributed by atoms with E-state index in [1.807, 2.05) is 18.2 Å². The van der Waals surface area contributed by atoms with Gasteiger partial charge in [0.05, 0.1) is 11.5 Å². The molecule has 1 aliphatic rings. The second-order valence-electron chi connectivity index (χ2n) is 8.91. The van der Waals surface area contributed by atoms with Crippen LogP contribution < -0.4 is 4.74 Å². The van der Waals surface area contributed by atoms with E-state index < -0.39 is 5.41 Å². The van der Waals surface area contributed by atoms with Crippen molar-refractivity contribution in [3.8, 4) is 11.8 Å². The molecule has 0 aliphatic carbocycles. The van der Waals surface area contributed by atoms with Gasteiger partial charge >= 0.3 is 0 Å². The topological polar surface area (TPSA) is 39.5 Å². The summed E-state index contributed by atoms with van der Waals surface area (Å²) >= 11 is 1.75. The normalized spacial score (nSPS) is 17.1. The molecular weight excluding hydrogens is 414 g/mol. The molecule has 1 fully saturated rings. The largest absolute Gasteiger partial charge is 0.492 e. The molecule has 32 heavy (non-hydrogen) atoms. The van der Waals surface area contributed by atoms with Gasteiger partial charge in [0, 0.05) is 37.6 Å². The first kappa shape index (κ1) is 24.6. The van der Waals surface area contributed by atoms with E-state index in [4.69, 9.17) is 4.74 Å². The van der Waals surface area contributed by atoms with Crippen LogP contribution >= 0.6 is 11.8 Å². The minimum absolute atomic E-state index is 0.295. The summed E-state index contributed by atoms with van der Waals surface area (Å²) in [5, 5.41) is 10.1. The molecule has 3 rings (SSSR count). The van der Waals surface area contributed by atoms with Crippen molar-refractivity contribution >= 4 is 11.8 Å². The number of benzene rings is 2. The number of nitriles is 1. The molecule has 0 N–H and O–H groups in total. The van der Waals surface area contributed by atoms with Gasteiger partial charge in [0.25, 0.3) is 0 Å². The Labute approximate surface area is 198 Å². The van der Waals surface area contributed by atoms with Gasteiger partial charge in [0.15, 0.2) is 0 Å². The summed E-state index contributed by atoms with van der Waals surface area (Å²) in [5.41, 5.74) is 0.763. The zero-order valence-corrected chi connectivity index (χ0v) is 20.6. The molecule has 1 aliphatic heterocycles. The van der Waals surface area contributed by atoms with Gasteiger partial charge in [0.2, 0.25) is 0 Å². The highest BCUT2D eigenvalue weighted by Crippen LogP contribution is 2.36. The molecule has 1 saturated heterocycles. The van der Waals surface area contributed by atoms with E-state index in [1.54, 1.807) is 11.8 Å². The van der Waals surface area contributed by atoms with Crippen molar-refractivity contribution in [3.63, 3.8) is 0 Å². The lowest BCUT2D eigenvalue weighted by atomic mass is 9.70. The smallest absolute Gasteiger partial charge is 0.119 e. The van der Waals surface area contributed by atoms with Crippen LogP contribution in [0, 0.1) is 17.2 Å². The van der Waals surface area contributed by atoms with Gasteiger partial charge in [-0.25, -0.2) is 0 Å². The lowest BCUT2D eigenvalue weighted by Gasteiger charge is -2.36. The van der Waals surface area contributed by atoms with Crippen LogP contribution in [0.3, 0.4) is 0 Å². The van der Waals surface area contributed by atoms with Crippen molar-refractivity contribution in [1.29, 1.82) is 5.26 Å². The lowest BCUT2D eigenvalue weighted by Crippen LogP contribution is -2.47. The summed E-state index contributed by atoms with van der Waals surface area (Å²) < 4.78 is 5.92. The highest BCUT2D eigenvalue weighted by molar-refractivity contribution is 7.98. The monoisotopic (exact) mass is 451 g/mol. The van der Waals surface area contributed by atoms with E-state index >= 15 is 0 Å². The van der Waals surface area contributed by atoms with Crippen LogP contribution in [0.25, 0.3) is 0 Å². The van der Waals surface area contributed by atoms with Crippen molar-refractivity contribution in [3.05, 3.63) is 60.2 Å². The summed E-state index contributed by atoms with van der Waals surface area (Å²) in [5.74, 6) is 1.25. The van der Waals surface area contributed by atoms with Crippen molar-refractivity contribution in [1.82, 2.24) is 9.80 Å². The van der Waals surface area contributed by atoms with Crippen LogP contribution in [-0.4, -0.2) is 61.9 Å². The first-order valence-electron chi connectivity index (χ1n) is 11.8. The predicted molar refractivity (Wildman–Crippen MR) is 134 cm³/mol. The van der Waals surface area contributed by atoms with E-state index in [-0.39, 0.29) is 0 Å². The third-order valence-electron chi connectivity index (χ3n) is 6.72. The third kappa shape index (κ3) is 6.51. The molecule has 172 valence electrons. The van der Waals surface area contributed by atoms with E-state index in [0.717, 1.165) is 70.0 Å². The predicted octanol–water partition coefficient (Wildman–Crippen LogP) is 5.30. The average molecular weight is 452 g/mol. The van der Waals surface area contributed by atoms with Crippen molar-refractivity contribution in [2.75, 3.05) is 52.1 Å². The highest BCUT2D eigenvalue weighted by atomic mass is 32.2. The molecule has 1 heterocycles. The minimum atomic E-state index is -0.394. The Hall–Kier alpha value is -2.00. The molecule has 2 aromatic carbocycles. The Bertz CT molecular complexity index is 841. The van der Waals surface area contributed by atoms with Crippen LogP contribution in [0.4, 0.5) is 0 Å². The van der Waals surface area contributed by atoms with Crippen LogP contribution in [0.2, 0.25) is 0 Å². The first-order chi connectivity index (χ1) is 15.6. The molecule has 0 aromatic heterocycles. The van der Waals surface area contributed by atoms with Crippen molar-refractivity contribution in [2.24, 2.45) is 5.92 Å². The van der Waals surface area contributed by atoms with Gasteiger partial charge in [-0.1, -0.05) is 44.2 Å². The summed E-state index contributed by atoms with van der Waals surface area (Å²) in [6.07, 6.45) is 4.05. The van der Waals surface area contributed by atoms with Crippen molar-refractivity contribution in [2.45, 2.75) is 37.0 Å². The summed E-state index contributed by atoms with van der Waals surface area (Å²) in [4.78, 5) is 6.30. The zero-order valence-electron chi connectivity index (χ0n) is 19.8. The quantitative estimate of drug-likeness (QED) is 0.433. The molecule has 0 saturated carbocycles. The number of piperazine rings is 1. The maximum absolute atomic E-state index is 10.1. The SMILES string of the molecule is CSc1ccc(OCCN2CCN(CCCC(C#N)(c3ccccc3)C(C)C)CC2)cc1. The maximum Gasteiger partial charge on any atom is 0.119 e. The molecule has 0 bridgehead atoms. The highest BCUT2D eigenvalue weighted by Gasteiger charge is 2.35. The number of hydrogen-bond donors (Lipinski definition) is 0. The molecule has 5 heteroatoms. The second-order valence-corrected chi connectivity index (χ2v) is 9.79. The molecule has 4 nitrogen and oxygen atoms in total. The number of thioether (sulfide) groups is 1. The Morgan fingerprint density at radius 1 is 0.969 bits per heavy atom. The maximum atomic E-state index is 10.1. The molecule has 2 aromatic rings. The second kappa shape index (κ2) is 12.3. The summed E-state index contributed by atoms with van der Waals surface area (Å²) in [6.45, 7) is 11.5. The third-order valence-corrected chi connectivity index (χ3v) is 7.46. The number of hydrogen-bond acceptors (Lipinski definition) is 5. The molecule has 1 unspecified atom stereocenters. The number of ether oxygens (including phenoxy) is 1. The summed E-state index contributed by atoms with van der Waals surface area (Å²) in [6, 6.07) is 21.3. The molecule has 0 radical (unpaired) electrons. The lowest BCUT2D eigenvalue weighted by molar-refractivity contribution is 0.114. The molecule has 0 amide bonds. The van der Waals surface area contributed by atoms with Gasteiger partial charge < -0.3 is 9.64 Å². The van der Waals surface area contributed by atoms with E-state index in [1.165, 1.54) is 4.90 Å². The van der Waals surface area contributed by atoms with Crippen LogP contribution in [0.15, 0.2) is 59.5 Å². The Kier molecular flexibility index (Phi) is 9.47.